The van der Waals surface area contributed by atoms with E-state index in [-0.39, 0.29) is 0 Å². The molecular weight excluding hydrogens is 210 g/mol. The van der Waals surface area contributed by atoms with Gasteiger partial charge in [0, 0.05) is 25.5 Å². The second-order valence-electron chi connectivity index (χ2n) is 4.36. The van der Waals surface area contributed by atoms with Crippen molar-refractivity contribution in [2.75, 3.05) is 6.54 Å². The number of rotatable bonds is 5. The number of hydrogen-bond acceptors (Lipinski definition) is 2. The molecule has 90 valence electrons. The number of aromatic nitrogens is 2. The van der Waals surface area contributed by atoms with Gasteiger partial charge in [0.2, 0.25) is 0 Å². The van der Waals surface area contributed by atoms with Gasteiger partial charge in [0.15, 0.2) is 0 Å². The van der Waals surface area contributed by atoms with Crippen LogP contribution in [0.5, 0.6) is 0 Å². The largest absolute Gasteiger partial charge is 0.311 e. The van der Waals surface area contributed by atoms with Crippen molar-refractivity contribution in [3.05, 3.63) is 53.3 Å². The van der Waals surface area contributed by atoms with Gasteiger partial charge in [-0.05, 0) is 36.6 Å². The minimum atomic E-state index is 0.915. The van der Waals surface area contributed by atoms with Crippen molar-refractivity contribution in [2.24, 2.45) is 0 Å². The highest BCUT2D eigenvalue weighted by Gasteiger charge is 1.96. The fourth-order valence-corrected chi connectivity index (χ4v) is 1.77. The molecule has 0 bridgehead atoms. The Morgan fingerprint density at radius 2 is 2.12 bits per heavy atom. The van der Waals surface area contributed by atoms with Crippen LogP contribution in [0, 0.1) is 13.8 Å². The fraction of sp³-hybridized carbons (Fsp3) is 0.357. The van der Waals surface area contributed by atoms with Crippen molar-refractivity contribution < 1.29 is 0 Å². The summed E-state index contributed by atoms with van der Waals surface area (Å²) in [6, 6.07) is 8.56. The maximum atomic E-state index is 4.16. The van der Waals surface area contributed by atoms with Crippen LogP contribution in [-0.2, 0) is 13.1 Å². The van der Waals surface area contributed by atoms with Crippen molar-refractivity contribution in [3.63, 3.8) is 0 Å². The molecule has 0 atom stereocenters. The molecule has 1 aromatic heterocycles. The third-order valence-corrected chi connectivity index (χ3v) is 2.98. The lowest BCUT2D eigenvalue weighted by atomic mass is 10.1. The summed E-state index contributed by atoms with van der Waals surface area (Å²) >= 11 is 0. The van der Waals surface area contributed by atoms with E-state index in [9.17, 15) is 0 Å². The highest BCUT2D eigenvalue weighted by atomic mass is 15.3. The van der Waals surface area contributed by atoms with E-state index in [4.69, 9.17) is 0 Å². The summed E-state index contributed by atoms with van der Waals surface area (Å²) in [6.07, 6.45) is 3.79. The molecule has 0 unspecified atom stereocenters. The molecule has 0 aliphatic carbocycles. The summed E-state index contributed by atoms with van der Waals surface area (Å²) in [5, 5.41) is 7.59. The Morgan fingerprint density at radius 3 is 2.82 bits per heavy atom. The van der Waals surface area contributed by atoms with Gasteiger partial charge < -0.3 is 5.32 Å². The fourth-order valence-electron chi connectivity index (χ4n) is 1.77. The molecule has 1 N–H and O–H groups in total. The number of nitrogens with zero attached hydrogens (tertiary/aromatic N) is 2. The molecule has 2 rings (SSSR count). The van der Waals surface area contributed by atoms with Crippen molar-refractivity contribution in [3.8, 4) is 0 Å². The van der Waals surface area contributed by atoms with Crippen LogP contribution in [0.4, 0.5) is 0 Å². The average Bonchev–Trinajstić information content (AvgIpc) is 2.82. The number of nitrogens with one attached hydrogen (secondary N) is 1. The van der Waals surface area contributed by atoms with E-state index in [1.54, 1.807) is 0 Å². The van der Waals surface area contributed by atoms with E-state index in [0.29, 0.717) is 0 Å². The Morgan fingerprint density at radius 1 is 1.24 bits per heavy atom. The van der Waals surface area contributed by atoms with Crippen LogP contribution in [0.15, 0.2) is 36.7 Å². The molecule has 0 fully saturated rings. The van der Waals surface area contributed by atoms with Crippen molar-refractivity contribution in [1.82, 2.24) is 15.1 Å². The van der Waals surface area contributed by atoms with Gasteiger partial charge in [0.05, 0.1) is 6.54 Å². The molecule has 2 aromatic rings. The van der Waals surface area contributed by atoms with E-state index in [1.165, 1.54) is 16.7 Å². The van der Waals surface area contributed by atoms with E-state index >= 15 is 0 Å². The second kappa shape index (κ2) is 5.64. The molecule has 0 spiro atoms. The van der Waals surface area contributed by atoms with Crippen molar-refractivity contribution >= 4 is 0 Å². The predicted molar refractivity (Wildman–Crippen MR) is 69.8 cm³/mol. The van der Waals surface area contributed by atoms with Crippen LogP contribution < -0.4 is 5.32 Å². The van der Waals surface area contributed by atoms with E-state index in [2.05, 4.69) is 42.5 Å². The Labute approximate surface area is 102 Å². The number of aryl methyl sites for hydroxylation is 2. The SMILES string of the molecule is Cc1ccc(CNCCn2cccn2)cc1C. The summed E-state index contributed by atoms with van der Waals surface area (Å²) in [5.74, 6) is 0. The Bertz CT molecular complexity index is 460. The third-order valence-electron chi connectivity index (χ3n) is 2.98. The van der Waals surface area contributed by atoms with Gasteiger partial charge in [-0.25, -0.2) is 0 Å². The zero-order chi connectivity index (χ0) is 12.1. The molecule has 3 heteroatoms. The maximum absolute atomic E-state index is 4.16. The molecule has 0 saturated carbocycles. The average molecular weight is 229 g/mol. The lowest BCUT2D eigenvalue weighted by Gasteiger charge is -2.07. The molecule has 0 saturated heterocycles. The van der Waals surface area contributed by atoms with Gasteiger partial charge in [0.25, 0.3) is 0 Å². The summed E-state index contributed by atoms with van der Waals surface area (Å²) in [6.45, 7) is 7.07. The monoisotopic (exact) mass is 229 g/mol. The lowest BCUT2D eigenvalue weighted by molar-refractivity contribution is 0.555. The minimum Gasteiger partial charge on any atom is -0.311 e. The van der Waals surface area contributed by atoms with Crippen molar-refractivity contribution in [2.45, 2.75) is 26.9 Å². The first-order chi connectivity index (χ1) is 8.25. The first kappa shape index (κ1) is 11.9. The van der Waals surface area contributed by atoms with Crippen molar-refractivity contribution in [1.29, 1.82) is 0 Å². The van der Waals surface area contributed by atoms with Gasteiger partial charge in [0.1, 0.15) is 0 Å². The topological polar surface area (TPSA) is 29.9 Å². The maximum Gasteiger partial charge on any atom is 0.0534 e. The predicted octanol–water partition coefficient (Wildman–Crippen LogP) is 2.29. The van der Waals surface area contributed by atoms with Crippen LogP contribution >= 0.6 is 0 Å². The molecule has 0 aliphatic heterocycles. The van der Waals surface area contributed by atoms with Gasteiger partial charge in [-0.2, -0.15) is 5.10 Å². The first-order valence-corrected chi connectivity index (χ1v) is 6.00. The Kier molecular flexibility index (Phi) is 3.94. The summed E-state index contributed by atoms with van der Waals surface area (Å²) < 4.78 is 1.94. The molecule has 1 aromatic carbocycles. The number of hydrogen-bond donors (Lipinski definition) is 1. The van der Waals surface area contributed by atoms with Crippen LogP contribution in [0.2, 0.25) is 0 Å². The van der Waals surface area contributed by atoms with E-state index in [1.807, 2.05) is 23.1 Å². The summed E-state index contributed by atoms with van der Waals surface area (Å²) in [7, 11) is 0. The molecule has 0 amide bonds. The van der Waals surface area contributed by atoms with Crippen LogP contribution in [0.25, 0.3) is 0 Å². The number of benzene rings is 1. The molecule has 0 aliphatic rings. The summed E-state index contributed by atoms with van der Waals surface area (Å²) in [4.78, 5) is 0. The summed E-state index contributed by atoms with van der Waals surface area (Å²) in [5.41, 5.74) is 4.05. The molecular formula is C14H19N3. The van der Waals surface area contributed by atoms with E-state index < -0.39 is 0 Å². The van der Waals surface area contributed by atoms with Gasteiger partial charge in [-0.3, -0.25) is 4.68 Å². The second-order valence-corrected chi connectivity index (χ2v) is 4.36. The quantitative estimate of drug-likeness (QED) is 0.797. The normalized spacial score (nSPS) is 10.7. The molecule has 17 heavy (non-hydrogen) atoms. The highest BCUT2D eigenvalue weighted by molar-refractivity contribution is 5.29. The molecule has 1 heterocycles. The van der Waals surface area contributed by atoms with Crippen LogP contribution in [0.3, 0.4) is 0 Å². The van der Waals surface area contributed by atoms with Gasteiger partial charge in [-0.1, -0.05) is 18.2 Å². The Hall–Kier alpha value is -1.61. The molecule has 3 nitrogen and oxygen atoms in total. The highest BCUT2D eigenvalue weighted by Crippen LogP contribution is 2.09. The Balaban J connectivity index is 1.76. The van der Waals surface area contributed by atoms with Crippen LogP contribution in [0.1, 0.15) is 16.7 Å². The molecule has 0 radical (unpaired) electrons. The third kappa shape index (κ3) is 3.43. The lowest BCUT2D eigenvalue weighted by Crippen LogP contribution is -2.19. The first-order valence-electron chi connectivity index (χ1n) is 6.00. The smallest absolute Gasteiger partial charge is 0.0534 e. The zero-order valence-corrected chi connectivity index (χ0v) is 10.5. The minimum absolute atomic E-state index is 0.915. The zero-order valence-electron chi connectivity index (χ0n) is 10.5. The van der Waals surface area contributed by atoms with Gasteiger partial charge >= 0.3 is 0 Å². The van der Waals surface area contributed by atoms with Crippen LogP contribution in [-0.4, -0.2) is 16.3 Å². The van der Waals surface area contributed by atoms with Gasteiger partial charge in [-0.15, -0.1) is 0 Å². The van der Waals surface area contributed by atoms with E-state index in [0.717, 1.165) is 19.6 Å². The standard InChI is InChI=1S/C14H19N3/c1-12-4-5-14(10-13(12)2)11-15-7-9-17-8-3-6-16-17/h3-6,8,10,15H,7,9,11H2,1-2H3.